The Balaban J connectivity index is 2.17. The molecule has 1 amide bonds. The van der Waals surface area contributed by atoms with E-state index in [1.54, 1.807) is 11.0 Å². The molecule has 1 aliphatic heterocycles. The lowest BCUT2D eigenvalue weighted by atomic mass is 10.1. The summed E-state index contributed by atoms with van der Waals surface area (Å²) in [5.74, 6) is -0.740. The van der Waals surface area contributed by atoms with Crippen molar-refractivity contribution in [2.45, 2.75) is 12.8 Å². The fourth-order valence-electron chi connectivity index (χ4n) is 2.33. The van der Waals surface area contributed by atoms with E-state index in [0.29, 0.717) is 19.5 Å². The molecule has 106 valence electrons. The van der Waals surface area contributed by atoms with E-state index < -0.39 is 5.97 Å². The molecule has 0 radical (unpaired) electrons. The maximum absolute atomic E-state index is 11.9. The van der Waals surface area contributed by atoms with Crippen LogP contribution in [0.1, 0.15) is 12.0 Å². The smallest absolute Gasteiger partial charge is 0.305 e. The first-order valence-electron chi connectivity index (χ1n) is 6.50. The van der Waals surface area contributed by atoms with Gasteiger partial charge in [-0.1, -0.05) is 6.08 Å². The van der Waals surface area contributed by atoms with Crippen LogP contribution < -0.4 is 9.80 Å². The number of aliphatic carboxylic acids is 1. The molecule has 0 spiro atoms. The monoisotopic (exact) mass is 274 g/mol. The number of nitrogens with zero attached hydrogens (tertiary/aromatic N) is 2. The second-order valence-corrected chi connectivity index (χ2v) is 4.85. The minimum Gasteiger partial charge on any atom is -0.481 e. The summed E-state index contributed by atoms with van der Waals surface area (Å²) >= 11 is 0. The number of carbonyl (C=O) groups is 2. The molecular formula is C15H18N2O3. The summed E-state index contributed by atoms with van der Waals surface area (Å²) in [6.45, 7) is 4.62. The van der Waals surface area contributed by atoms with Gasteiger partial charge in [-0.3, -0.25) is 9.59 Å². The Kier molecular flexibility index (Phi) is 4.08. The van der Waals surface area contributed by atoms with Crippen molar-refractivity contribution in [3.63, 3.8) is 0 Å². The van der Waals surface area contributed by atoms with Crippen LogP contribution in [0.3, 0.4) is 0 Å². The van der Waals surface area contributed by atoms with E-state index in [2.05, 4.69) is 6.58 Å². The van der Waals surface area contributed by atoms with Crippen LogP contribution in [0.25, 0.3) is 0 Å². The Hall–Kier alpha value is -2.30. The van der Waals surface area contributed by atoms with Crippen LogP contribution >= 0.6 is 0 Å². The van der Waals surface area contributed by atoms with Gasteiger partial charge in [0.15, 0.2) is 0 Å². The van der Waals surface area contributed by atoms with Crippen LogP contribution in [0.4, 0.5) is 11.4 Å². The molecule has 0 aromatic heterocycles. The lowest BCUT2D eigenvalue weighted by Crippen LogP contribution is -2.26. The number of rotatable bonds is 6. The van der Waals surface area contributed by atoms with Crippen LogP contribution in [0, 0.1) is 0 Å². The van der Waals surface area contributed by atoms with E-state index in [1.165, 1.54) is 0 Å². The van der Waals surface area contributed by atoms with Crippen LogP contribution in [0.2, 0.25) is 0 Å². The van der Waals surface area contributed by atoms with E-state index in [-0.39, 0.29) is 12.3 Å². The minimum absolute atomic E-state index is 0.0743. The van der Waals surface area contributed by atoms with E-state index in [9.17, 15) is 9.59 Å². The molecule has 20 heavy (non-hydrogen) atoms. The molecule has 0 atom stereocenters. The largest absolute Gasteiger partial charge is 0.481 e. The molecule has 5 heteroatoms. The number of hydrogen-bond donors (Lipinski definition) is 1. The average molecular weight is 274 g/mol. The van der Waals surface area contributed by atoms with E-state index in [4.69, 9.17) is 5.11 Å². The number of benzene rings is 1. The van der Waals surface area contributed by atoms with Crippen molar-refractivity contribution in [1.29, 1.82) is 0 Å². The Morgan fingerprint density at radius 2 is 2.30 bits per heavy atom. The fourth-order valence-corrected chi connectivity index (χ4v) is 2.33. The summed E-state index contributed by atoms with van der Waals surface area (Å²) in [7, 11) is 1.85. The number of carboxylic acids is 1. The number of carbonyl (C=O) groups excluding carboxylic acids is 1. The van der Waals surface area contributed by atoms with Crippen molar-refractivity contribution in [1.82, 2.24) is 0 Å². The zero-order valence-corrected chi connectivity index (χ0v) is 11.5. The molecule has 1 aliphatic rings. The van der Waals surface area contributed by atoms with E-state index in [1.807, 2.05) is 30.1 Å². The topological polar surface area (TPSA) is 60.9 Å². The van der Waals surface area contributed by atoms with Crippen LogP contribution in [-0.2, 0) is 16.0 Å². The maximum atomic E-state index is 11.9. The molecular weight excluding hydrogens is 256 g/mol. The molecule has 1 aromatic rings. The number of fused-ring (bicyclic) bond motifs is 1. The van der Waals surface area contributed by atoms with Gasteiger partial charge in [-0.05, 0) is 23.8 Å². The summed E-state index contributed by atoms with van der Waals surface area (Å²) in [4.78, 5) is 26.1. The normalized spacial score (nSPS) is 13.2. The van der Waals surface area contributed by atoms with Crippen molar-refractivity contribution in [2.75, 3.05) is 29.9 Å². The van der Waals surface area contributed by atoms with Crippen molar-refractivity contribution in [3.05, 3.63) is 36.4 Å². The number of carboxylic acid groups (broad SMARTS) is 1. The second-order valence-electron chi connectivity index (χ2n) is 4.85. The van der Waals surface area contributed by atoms with Gasteiger partial charge in [0.25, 0.3) is 0 Å². The van der Waals surface area contributed by atoms with Crippen molar-refractivity contribution >= 4 is 23.3 Å². The second kappa shape index (κ2) is 5.77. The van der Waals surface area contributed by atoms with Gasteiger partial charge in [0.1, 0.15) is 0 Å². The standard InChI is InChI=1S/C15H18N2O3/c1-3-7-17-13-5-4-12(9-11(13)10-14(17)18)16(2)8-6-15(19)20/h3-5,9H,1,6-8,10H2,2H3,(H,19,20). The molecule has 0 fully saturated rings. The van der Waals surface area contributed by atoms with Gasteiger partial charge in [-0.2, -0.15) is 0 Å². The Morgan fingerprint density at radius 3 is 2.95 bits per heavy atom. The molecule has 1 aromatic carbocycles. The highest BCUT2D eigenvalue weighted by molar-refractivity contribution is 6.02. The summed E-state index contributed by atoms with van der Waals surface area (Å²) in [5.41, 5.74) is 2.83. The molecule has 0 bridgehead atoms. The summed E-state index contributed by atoms with van der Waals surface area (Å²) in [5, 5.41) is 8.71. The third-order valence-corrected chi connectivity index (χ3v) is 3.41. The SMILES string of the molecule is C=CCN1C(=O)Cc2cc(N(C)CCC(=O)O)ccc21. The Labute approximate surface area is 118 Å². The third kappa shape index (κ3) is 2.82. The Bertz CT molecular complexity index is 554. The van der Waals surface area contributed by atoms with E-state index in [0.717, 1.165) is 16.9 Å². The van der Waals surface area contributed by atoms with Gasteiger partial charge in [0.2, 0.25) is 5.91 Å². The lowest BCUT2D eigenvalue weighted by molar-refractivity contribution is -0.136. The first-order chi connectivity index (χ1) is 9.52. The van der Waals surface area contributed by atoms with Gasteiger partial charge in [-0.25, -0.2) is 0 Å². The van der Waals surface area contributed by atoms with Gasteiger partial charge >= 0.3 is 5.97 Å². The van der Waals surface area contributed by atoms with Crippen molar-refractivity contribution in [2.24, 2.45) is 0 Å². The molecule has 2 rings (SSSR count). The predicted molar refractivity (Wildman–Crippen MR) is 78.2 cm³/mol. The zero-order valence-electron chi connectivity index (χ0n) is 11.5. The molecule has 5 nitrogen and oxygen atoms in total. The number of amides is 1. The number of hydrogen-bond acceptors (Lipinski definition) is 3. The molecule has 0 aliphatic carbocycles. The van der Waals surface area contributed by atoms with Crippen molar-refractivity contribution < 1.29 is 14.7 Å². The molecule has 0 saturated heterocycles. The Morgan fingerprint density at radius 1 is 1.55 bits per heavy atom. The fraction of sp³-hybridized carbons (Fsp3) is 0.333. The maximum Gasteiger partial charge on any atom is 0.305 e. The summed E-state index contributed by atoms with van der Waals surface area (Å²) in [6.07, 6.45) is 2.19. The highest BCUT2D eigenvalue weighted by Crippen LogP contribution is 2.32. The van der Waals surface area contributed by atoms with Gasteiger partial charge in [0.05, 0.1) is 12.8 Å². The average Bonchev–Trinajstić information content (AvgIpc) is 2.72. The predicted octanol–water partition coefficient (Wildman–Crippen LogP) is 1.67. The zero-order chi connectivity index (χ0) is 14.7. The molecule has 0 saturated carbocycles. The highest BCUT2D eigenvalue weighted by atomic mass is 16.4. The first-order valence-corrected chi connectivity index (χ1v) is 6.50. The summed E-state index contributed by atoms with van der Waals surface area (Å²) < 4.78 is 0. The minimum atomic E-state index is -0.814. The molecule has 0 unspecified atom stereocenters. The van der Waals surface area contributed by atoms with Crippen LogP contribution in [0.5, 0.6) is 0 Å². The van der Waals surface area contributed by atoms with Crippen molar-refractivity contribution in [3.8, 4) is 0 Å². The quantitative estimate of drug-likeness (QED) is 0.802. The highest BCUT2D eigenvalue weighted by Gasteiger charge is 2.26. The van der Waals surface area contributed by atoms with E-state index >= 15 is 0 Å². The molecule has 1 heterocycles. The lowest BCUT2D eigenvalue weighted by Gasteiger charge is -2.20. The summed E-state index contributed by atoms with van der Waals surface area (Å²) in [6, 6.07) is 5.78. The van der Waals surface area contributed by atoms with Crippen LogP contribution in [-0.4, -0.2) is 37.1 Å². The van der Waals surface area contributed by atoms with Crippen LogP contribution in [0.15, 0.2) is 30.9 Å². The molecule has 1 N–H and O–H groups in total. The third-order valence-electron chi connectivity index (χ3n) is 3.41. The van der Waals surface area contributed by atoms with Gasteiger partial charge in [-0.15, -0.1) is 6.58 Å². The first kappa shape index (κ1) is 14.1. The van der Waals surface area contributed by atoms with Gasteiger partial charge in [0, 0.05) is 31.5 Å². The number of anilines is 2. The van der Waals surface area contributed by atoms with Gasteiger partial charge < -0.3 is 14.9 Å².